The minimum Gasteiger partial charge on any atom is -0.371 e. The molecule has 3 saturated heterocycles. The number of hydrogen-bond donors (Lipinski definition) is 2. The molecule has 0 aromatic carbocycles. The molecule has 6 heterocycles. The molecule has 2 bridgehead atoms. The van der Waals surface area contributed by atoms with Crippen LogP contribution < -0.4 is 10.2 Å². The van der Waals surface area contributed by atoms with Crippen LogP contribution >= 0.6 is 0 Å². The van der Waals surface area contributed by atoms with Crippen molar-refractivity contribution in [2.45, 2.75) is 30.9 Å². The molecule has 2 atom stereocenters. The Morgan fingerprint density at radius 3 is 2.63 bits per heavy atom. The van der Waals surface area contributed by atoms with Crippen molar-refractivity contribution >= 4 is 26.7 Å². The molecule has 0 aliphatic carbocycles. The fourth-order valence-corrected chi connectivity index (χ4v) is 5.06. The molecule has 3 aliphatic rings. The topological polar surface area (TPSA) is 100 Å². The van der Waals surface area contributed by atoms with E-state index < -0.39 is 9.84 Å². The lowest BCUT2D eigenvalue weighted by atomic mass is 9.98. The first-order valence-electron chi connectivity index (χ1n) is 10.1. The average Bonchev–Trinajstić information content (AvgIpc) is 3.08. The Labute approximate surface area is 175 Å². The third-order valence-electron chi connectivity index (χ3n) is 5.54. The molecule has 0 amide bonds. The van der Waals surface area contributed by atoms with E-state index in [1.165, 1.54) is 6.26 Å². The first-order valence-corrected chi connectivity index (χ1v) is 12.1. The van der Waals surface area contributed by atoms with Crippen molar-refractivity contribution in [1.29, 1.82) is 0 Å². The van der Waals surface area contributed by atoms with Crippen LogP contribution in [0.5, 0.6) is 0 Å². The van der Waals surface area contributed by atoms with Gasteiger partial charge in [0.25, 0.3) is 0 Å². The van der Waals surface area contributed by atoms with Crippen molar-refractivity contribution in [1.82, 2.24) is 20.3 Å². The van der Waals surface area contributed by atoms with Gasteiger partial charge in [-0.15, -0.1) is 0 Å². The minimum absolute atomic E-state index is 0.0224. The summed E-state index contributed by atoms with van der Waals surface area (Å²) in [6, 6.07) is 9.66. The van der Waals surface area contributed by atoms with Gasteiger partial charge in [0.1, 0.15) is 5.82 Å². The highest BCUT2D eigenvalue weighted by molar-refractivity contribution is 7.89. The van der Waals surface area contributed by atoms with Crippen molar-refractivity contribution in [3.8, 4) is 11.4 Å². The summed E-state index contributed by atoms with van der Waals surface area (Å²) in [5, 5.41) is 3.13. The number of H-pyrrole nitrogens is 1. The molecule has 0 spiro atoms. The summed E-state index contributed by atoms with van der Waals surface area (Å²) in [6.07, 6.45) is 2.83. The van der Waals surface area contributed by atoms with Gasteiger partial charge in [-0.2, -0.15) is 0 Å². The van der Waals surface area contributed by atoms with Crippen LogP contribution in [0.15, 0.2) is 30.3 Å². The van der Waals surface area contributed by atoms with Crippen LogP contribution in [0.25, 0.3) is 22.4 Å². The Bertz CT molecular complexity index is 1190. The zero-order valence-corrected chi connectivity index (χ0v) is 17.9. The molecule has 0 radical (unpaired) electrons. The maximum atomic E-state index is 12.0. The summed E-state index contributed by atoms with van der Waals surface area (Å²) in [5.41, 5.74) is 5.03. The standard InChI is InChI=1S/C21H25N5O3S/c1-22-9-14-7-20-17(23-14)3-4-18(24-20)19-5-13(12-30(2,27)28)6-21(25-19)26-10-15-8-16(11-26)29-15/h3-7,15-16,22-23H,8-12H2,1-2H3. The third kappa shape index (κ3) is 3.92. The highest BCUT2D eigenvalue weighted by Crippen LogP contribution is 2.32. The molecule has 3 fully saturated rings. The fourth-order valence-electron chi connectivity index (χ4n) is 4.29. The normalized spacial score (nSPS) is 21.1. The van der Waals surface area contributed by atoms with Gasteiger partial charge in [-0.05, 0) is 42.9 Å². The highest BCUT2D eigenvalue weighted by atomic mass is 32.2. The van der Waals surface area contributed by atoms with E-state index in [1.54, 1.807) is 0 Å². The van der Waals surface area contributed by atoms with Gasteiger partial charge in [0.15, 0.2) is 9.84 Å². The van der Waals surface area contributed by atoms with E-state index in [0.29, 0.717) is 5.69 Å². The second-order valence-corrected chi connectivity index (χ2v) is 10.4. The largest absolute Gasteiger partial charge is 0.371 e. The third-order valence-corrected chi connectivity index (χ3v) is 6.40. The van der Waals surface area contributed by atoms with Gasteiger partial charge in [-0.3, -0.25) is 0 Å². The Morgan fingerprint density at radius 1 is 1.17 bits per heavy atom. The van der Waals surface area contributed by atoms with E-state index >= 15 is 0 Å². The lowest BCUT2D eigenvalue weighted by Gasteiger charge is -2.47. The van der Waals surface area contributed by atoms with Gasteiger partial charge < -0.3 is 19.9 Å². The number of sulfone groups is 1. The molecule has 2 unspecified atom stereocenters. The number of anilines is 1. The van der Waals surface area contributed by atoms with E-state index in [9.17, 15) is 8.42 Å². The monoisotopic (exact) mass is 427 g/mol. The Balaban J connectivity index is 1.55. The number of piperidine rings is 1. The first kappa shape index (κ1) is 19.5. The first-order chi connectivity index (χ1) is 14.4. The number of fused-ring (bicyclic) bond motifs is 3. The zero-order chi connectivity index (χ0) is 20.9. The number of aromatic amines is 1. The molecule has 30 heavy (non-hydrogen) atoms. The molecule has 2 N–H and O–H groups in total. The molecule has 8 nitrogen and oxygen atoms in total. The fraction of sp³-hybridized carbons (Fsp3) is 0.429. The van der Waals surface area contributed by atoms with Crippen LogP contribution in [0.1, 0.15) is 17.7 Å². The predicted molar refractivity (Wildman–Crippen MR) is 116 cm³/mol. The molecule has 0 saturated carbocycles. The molecule has 9 heteroatoms. The number of nitrogens with one attached hydrogen (secondary N) is 2. The van der Waals surface area contributed by atoms with E-state index in [-0.39, 0.29) is 18.0 Å². The van der Waals surface area contributed by atoms with Crippen LogP contribution in [0.4, 0.5) is 5.82 Å². The van der Waals surface area contributed by atoms with E-state index in [2.05, 4.69) is 15.2 Å². The van der Waals surface area contributed by atoms with E-state index in [1.807, 2.05) is 37.4 Å². The van der Waals surface area contributed by atoms with Crippen LogP contribution in [0.3, 0.4) is 0 Å². The van der Waals surface area contributed by atoms with Crippen LogP contribution in [0, 0.1) is 0 Å². The van der Waals surface area contributed by atoms with Crippen molar-refractivity contribution < 1.29 is 13.2 Å². The van der Waals surface area contributed by atoms with Crippen LogP contribution in [-0.4, -0.2) is 62.0 Å². The SMILES string of the molecule is CNCc1cc2nc(-c3cc(CS(C)(=O)=O)cc(N4CC5CC(C4)O5)n3)ccc2[nH]1. The summed E-state index contributed by atoms with van der Waals surface area (Å²) in [4.78, 5) is 15.2. The van der Waals surface area contributed by atoms with Crippen molar-refractivity contribution in [2.24, 2.45) is 0 Å². The second-order valence-electron chi connectivity index (χ2n) is 8.26. The quantitative estimate of drug-likeness (QED) is 0.619. The lowest BCUT2D eigenvalue weighted by molar-refractivity contribution is -0.133. The average molecular weight is 428 g/mol. The van der Waals surface area contributed by atoms with Crippen LogP contribution in [-0.2, 0) is 26.9 Å². The number of ether oxygens (including phenoxy) is 1. The Morgan fingerprint density at radius 2 is 1.93 bits per heavy atom. The summed E-state index contributed by atoms with van der Waals surface area (Å²) >= 11 is 0. The Hall–Kier alpha value is -2.49. The highest BCUT2D eigenvalue weighted by Gasteiger charge is 2.38. The van der Waals surface area contributed by atoms with E-state index in [4.69, 9.17) is 14.7 Å². The molecule has 3 aliphatic heterocycles. The number of nitrogens with zero attached hydrogens (tertiary/aromatic N) is 3. The number of aromatic nitrogens is 3. The van der Waals surface area contributed by atoms with Crippen molar-refractivity contribution in [3.63, 3.8) is 0 Å². The van der Waals surface area contributed by atoms with Crippen molar-refractivity contribution in [3.05, 3.63) is 41.6 Å². The van der Waals surface area contributed by atoms with Gasteiger partial charge in [-0.25, -0.2) is 18.4 Å². The molecular weight excluding hydrogens is 402 g/mol. The Kier molecular flexibility index (Phi) is 4.76. The maximum Gasteiger partial charge on any atom is 0.151 e. The summed E-state index contributed by atoms with van der Waals surface area (Å²) in [5.74, 6) is 0.766. The van der Waals surface area contributed by atoms with Gasteiger partial charge in [0.2, 0.25) is 0 Å². The molecular formula is C21H25N5O3S. The summed E-state index contributed by atoms with van der Waals surface area (Å²) in [7, 11) is -1.27. The van der Waals surface area contributed by atoms with Gasteiger partial charge in [0.05, 0.1) is 40.4 Å². The molecule has 6 rings (SSSR count). The molecule has 3 aromatic heterocycles. The second kappa shape index (κ2) is 7.33. The zero-order valence-electron chi connectivity index (χ0n) is 17.1. The number of rotatable bonds is 6. The maximum absolute atomic E-state index is 12.0. The molecule has 3 aromatic rings. The molecule has 158 valence electrons. The van der Waals surface area contributed by atoms with Gasteiger partial charge in [0, 0.05) is 38.0 Å². The number of pyridine rings is 2. The van der Waals surface area contributed by atoms with Crippen LogP contribution in [0.2, 0.25) is 0 Å². The smallest absolute Gasteiger partial charge is 0.151 e. The van der Waals surface area contributed by atoms with Gasteiger partial charge >= 0.3 is 0 Å². The van der Waals surface area contributed by atoms with E-state index in [0.717, 1.165) is 59.9 Å². The van der Waals surface area contributed by atoms with Crippen molar-refractivity contribution in [2.75, 3.05) is 31.3 Å². The summed E-state index contributed by atoms with van der Waals surface area (Å²) in [6.45, 7) is 2.29. The van der Waals surface area contributed by atoms with Gasteiger partial charge in [-0.1, -0.05) is 0 Å². The number of hydrogen-bond acceptors (Lipinski definition) is 7. The lowest BCUT2D eigenvalue weighted by Crippen LogP contribution is -2.57. The predicted octanol–water partition coefficient (Wildman–Crippen LogP) is 1.87. The summed E-state index contributed by atoms with van der Waals surface area (Å²) < 4.78 is 29.6. The number of morpholine rings is 1. The minimum atomic E-state index is -3.17.